The third-order valence-electron chi connectivity index (χ3n) is 4.59. The number of carbonyl (C=O) groups is 3. The predicted octanol–water partition coefficient (Wildman–Crippen LogP) is 3.54. The van der Waals surface area contributed by atoms with Gasteiger partial charge in [-0.1, -0.05) is 48.5 Å². The highest BCUT2D eigenvalue weighted by atomic mass is 32.1. The topological polar surface area (TPSA) is 75.7 Å². The number of benzene rings is 2. The number of hydrogen-bond acceptors (Lipinski definition) is 5. The fourth-order valence-corrected chi connectivity index (χ4v) is 3.73. The Bertz CT molecular complexity index is 1020. The van der Waals surface area contributed by atoms with Crippen LogP contribution >= 0.6 is 11.3 Å². The van der Waals surface area contributed by atoms with E-state index in [1.165, 1.54) is 10.9 Å². The Labute approximate surface area is 185 Å². The molecule has 160 valence electrons. The fourth-order valence-electron chi connectivity index (χ4n) is 3.02. The van der Waals surface area contributed by atoms with Crippen LogP contribution in [-0.2, 0) is 22.5 Å². The number of rotatable bonds is 9. The van der Waals surface area contributed by atoms with Crippen molar-refractivity contribution in [3.05, 3.63) is 93.7 Å². The van der Waals surface area contributed by atoms with Crippen molar-refractivity contribution in [2.75, 3.05) is 20.2 Å². The lowest BCUT2D eigenvalue weighted by molar-refractivity contribution is -0.124. The van der Waals surface area contributed by atoms with Gasteiger partial charge in [-0.25, -0.2) is 4.79 Å². The second-order valence-electron chi connectivity index (χ2n) is 6.95. The van der Waals surface area contributed by atoms with Gasteiger partial charge in [-0.2, -0.15) is 0 Å². The van der Waals surface area contributed by atoms with Crippen molar-refractivity contribution in [3.8, 4) is 0 Å². The fraction of sp³-hybridized carbons (Fsp3) is 0.208. The lowest BCUT2D eigenvalue weighted by Crippen LogP contribution is -2.31. The maximum atomic E-state index is 12.9. The Balaban J connectivity index is 1.55. The van der Waals surface area contributed by atoms with Crippen LogP contribution in [0, 0.1) is 0 Å². The van der Waals surface area contributed by atoms with Gasteiger partial charge in [0.05, 0.1) is 11.1 Å². The number of carbonyl (C=O) groups excluding carboxylic acids is 3. The van der Waals surface area contributed by atoms with E-state index in [0.717, 1.165) is 12.0 Å². The smallest absolute Gasteiger partial charge is 0.339 e. The van der Waals surface area contributed by atoms with Gasteiger partial charge in [-0.3, -0.25) is 9.59 Å². The maximum absolute atomic E-state index is 12.9. The molecule has 0 spiro atoms. The molecule has 7 heteroatoms. The van der Waals surface area contributed by atoms with Gasteiger partial charge in [-0.15, -0.1) is 11.3 Å². The molecule has 0 aliphatic carbocycles. The molecule has 0 aliphatic rings. The lowest BCUT2D eigenvalue weighted by atomic mass is 10.1. The number of ether oxygens (including phenoxy) is 1. The van der Waals surface area contributed by atoms with Gasteiger partial charge < -0.3 is 15.0 Å². The molecule has 0 saturated carbocycles. The molecule has 0 saturated heterocycles. The van der Waals surface area contributed by atoms with Crippen LogP contribution in [0.4, 0.5) is 0 Å². The Morgan fingerprint density at radius 2 is 1.65 bits per heavy atom. The molecule has 3 aromatic rings. The van der Waals surface area contributed by atoms with E-state index in [0.29, 0.717) is 13.1 Å². The summed E-state index contributed by atoms with van der Waals surface area (Å²) < 4.78 is 5.15. The Kier molecular flexibility index (Phi) is 7.95. The van der Waals surface area contributed by atoms with Crippen LogP contribution in [0.2, 0.25) is 0 Å². The number of nitrogens with one attached hydrogen (secondary N) is 1. The molecule has 0 aliphatic heterocycles. The normalized spacial score (nSPS) is 10.4. The van der Waals surface area contributed by atoms with Gasteiger partial charge in [-0.05, 0) is 35.6 Å². The average Bonchev–Trinajstić information content (AvgIpc) is 3.31. The molecule has 0 unspecified atom stereocenters. The van der Waals surface area contributed by atoms with E-state index in [1.807, 2.05) is 47.8 Å². The maximum Gasteiger partial charge on any atom is 0.339 e. The molecular weight excluding hydrogens is 412 g/mol. The van der Waals surface area contributed by atoms with Crippen molar-refractivity contribution in [1.29, 1.82) is 0 Å². The van der Waals surface area contributed by atoms with Gasteiger partial charge >= 0.3 is 5.97 Å². The largest absolute Gasteiger partial charge is 0.452 e. The van der Waals surface area contributed by atoms with Crippen LogP contribution in [0.3, 0.4) is 0 Å². The quantitative estimate of drug-likeness (QED) is 0.521. The monoisotopic (exact) mass is 436 g/mol. The van der Waals surface area contributed by atoms with Crippen LogP contribution in [0.1, 0.15) is 31.2 Å². The first-order valence-corrected chi connectivity index (χ1v) is 10.8. The average molecular weight is 437 g/mol. The molecule has 2 amide bonds. The number of nitrogens with zero attached hydrogens (tertiary/aromatic N) is 1. The van der Waals surface area contributed by atoms with Gasteiger partial charge in [0.1, 0.15) is 0 Å². The minimum absolute atomic E-state index is 0.138. The van der Waals surface area contributed by atoms with Gasteiger partial charge in [0.25, 0.3) is 11.8 Å². The zero-order valence-electron chi connectivity index (χ0n) is 17.2. The van der Waals surface area contributed by atoms with E-state index in [9.17, 15) is 14.4 Å². The lowest BCUT2D eigenvalue weighted by Gasteiger charge is -2.19. The highest BCUT2D eigenvalue weighted by Gasteiger charge is 2.21. The standard InChI is InChI=1S/C24H24N2O4S/c1-26(16-18-8-3-2-4-9-18)23(28)20-11-5-6-12-21(20)24(29)30-17-22(27)25-14-13-19-10-7-15-31-19/h2-12,15H,13-14,16-17H2,1H3,(H,25,27). The summed E-state index contributed by atoms with van der Waals surface area (Å²) in [4.78, 5) is 40.1. The number of amides is 2. The van der Waals surface area contributed by atoms with Gasteiger partial charge in [0.2, 0.25) is 0 Å². The predicted molar refractivity (Wildman–Crippen MR) is 120 cm³/mol. The first kappa shape index (κ1) is 22.2. The molecule has 1 N–H and O–H groups in total. The highest BCUT2D eigenvalue weighted by molar-refractivity contribution is 7.09. The van der Waals surface area contributed by atoms with E-state index < -0.39 is 12.6 Å². The summed E-state index contributed by atoms with van der Waals surface area (Å²) in [5.41, 5.74) is 1.36. The van der Waals surface area contributed by atoms with E-state index in [1.54, 1.807) is 41.5 Å². The third-order valence-corrected chi connectivity index (χ3v) is 5.53. The van der Waals surface area contributed by atoms with E-state index in [4.69, 9.17) is 4.74 Å². The zero-order valence-corrected chi connectivity index (χ0v) is 18.1. The molecule has 1 aromatic heterocycles. The first-order chi connectivity index (χ1) is 15.0. The van der Waals surface area contributed by atoms with Crippen molar-refractivity contribution in [1.82, 2.24) is 10.2 Å². The second kappa shape index (κ2) is 11.1. The highest BCUT2D eigenvalue weighted by Crippen LogP contribution is 2.15. The van der Waals surface area contributed by atoms with E-state index in [2.05, 4.69) is 5.32 Å². The summed E-state index contributed by atoms with van der Waals surface area (Å²) in [5, 5.41) is 4.71. The van der Waals surface area contributed by atoms with Gasteiger partial charge in [0, 0.05) is 25.0 Å². The van der Waals surface area contributed by atoms with Crippen molar-refractivity contribution in [2.45, 2.75) is 13.0 Å². The molecule has 3 rings (SSSR count). The van der Waals surface area contributed by atoms with Crippen molar-refractivity contribution < 1.29 is 19.1 Å². The van der Waals surface area contributed by atoms with Crippen molar-refractivity contribution in [3.63, 3.8) is 0 Å². The van der Waals surface area contributed by atoms with E-state index >= 15 is 0 Å². The van der Waals surface area contributed by atoms with E-state index in [-0.39, 0.29) is 22.9 Å². The minimum atomic E-state index is -0.703. The summed E-state index contributed by atoms with van der Waals surface area (Å²) in [5.74, 6) is -1.38. The van der Waals surface area contributed by atoms with Gasteiger partial charge in [0.15, 0.2) is 6.61 Å². The number of esters is 1. The minimum Gasteiger partial charge on any atom is -0.452 e. The molecule has 6 nitrogen and oxygen atoms in total. The zero-order chi connectivity index (χ0) is 22.1. The molecule has 0 bridgehead atoms. The summed E-state index contributed by atoms with van der Waals surface area (Å²) in [6.07, 6.45) is 0.725. The first-order valence-electron chi connectivity index (χ1n) is 9.89. The molecule has 2 aromatic carbocycles. The third kappa shape index (κ3) is 6.52. The van der Waals surface area contributed by atoms with Crippen LogP contribution in [-0.4, -0.2) is 42.9 Å². The van der Waals surface area contributed by atoms with Crippen LogP contribution in [0.25, 0.3) is 0 Å². The van der Waals surface area contributed by atoms with Crippen molar-refractivity contribution in [2.24, 2.45) is 0 Å². The Hall–Kier alpha value is -3.45. The van der Waals surface area contributed by atoms with Crippen LogP contribution in [0.5, 0.6) is 0 Å². The number of hydrogen-bond donors (Lipinski definition) is 1. The van der Waals surface area contributed by atoms with Crippen LogP contribution in [0.15, 0.2) is 72.1 Å². The molecule has 1 heterocycles. The Morgan fingerprint density at radius 3 is 2.35 bits per heavy atom. The molecular formula is C24H24N2O4S. The molecule has 0 radical (unpaired) electrons. The van der Waals surface area contributed by atoms with Crippen molar-refractivity contribution >= 4 is 29.1 Å². The summed E-state index contributed by atoms with van der Waals surface area (Å²) in [6, 6.07) is 20.0. The summed E-state index contributed by atoms with van der Waals surface area (Å²) >= 11 is 1.62. The summed E-state index contributed by atoms with van der Waals surface area (Å²) in [7, 11) is 1.68. The summed E-state index contributed by atoms with van der Waals surface area (Å²) in [6.45, 7) is 0.484. The van der Waals surface area contributed by atoms with Crippen LogP contribution < -0.4 is 5.32 Å². The molecule has 31 heavy (non-hydrogen) atoms. The Morgan fingerprint density at radius 1 is 0.935 bits per heavy atom. The SMILES string of the molecule is CN(Cc1ccccc1)C(=O)c1ccccc1C(=O)OCC(=O)NCCc1cccs1. The number of thiophene rings is 1. The molecule has 0 fully saturated rings. The second-order valence-corrected chi connectivity index (χ2v) is 7.98. The molecule has 0 atom stereocenters.